The molecule has 7 heteroatoms. The third kappa shape index (κ3) is 5.16. The van der Waals surface area contributed by atoms with Gasteiger partial charge < -0.3 is 24.3 Å². The number of hydrogen-bond acceptors (Lipinski definition) is 6. The first kappa shape index (κ1) is 25.9. The summed E-state index contributed by atoms with van der Waals surface area (Å²) in [6.07, 6.45) is 3.14. The summed E-state index contributed by atoms with van der Waals surface area (Å²) >= 11 is 0. The van der Waals surface area contributed by atoms with Crippen LogP contribution in [0.2, 0.25) is 0 Å². The second kappa shape index (κ2) is 11.4. The Labute approximate surface area is 224 Å². The van der Waals surface area contributed by atoms with Crippen LogP contribution in [-0.4, -0.2) is 58.4 Å². The highest BCUT2D eigenvalue weighted by Gasteiger charge is 2.34. The maximum absolute atomic E-state index is 13.4. The second-order valence-electron chi connectivity index (χ2n) is 9.92. The van der Waals surface area contributed by atoms with Crippen molar-refractivity contribution < 1.29 is 23.7 Å². The molecular weight excluding hydrogens is 480 g/mol. The molecule has 0 fully saturated rings. The molecule has 7 nitrogen and oxygen atoms in total. The summed E-state index contributed by atoms with van der Waals surface area (Å²) in [5, 5.41) is 3.29. The van der Waals surface area contributed by atoms with Crippen molar-refractivity contribution in [1.82, 2.24) is 10.2 Å². The number of fused-ring (bicyclic) bond motifs is 2. The molecule has 3 aromatic rings. The molecule has 1 N–H and O–H groups in total. The predicted octanol–water partition coefficient (Wildman–Crippen LogP) is 4.15. The van der Waals surface area contributed by atoms with Crippen molar-refractivity contribution in [2.45, 2.75) is 37.8 Å². The highest BCUT2D eigenvalue weighted by Crippen LogP contribution is 2.43. The number of carbonyl (C=O) groups excluding carboxylic acids is 1. The van der Waals surface area contributed by atoms with Gasteiger partial charge in [-0.2, -0.15) is 0 Å². The van der Waals surface area contributed by atoms with Crippen molar-refractivity contribution in [3.05, 3.63) is 82.4 Å². The van der Waals surface area contributed by atoms with Crippen molar-refractivity contribution in [3.63, 3.8) is 0 Å². The van der Waals surface area contributed by atoms with E-state index in [4.69, 9.17) is 18.9 Å². The molecule has 1 amide bonds. The number of methoxy groups -OCH3 is 4. The first-order chi connectivity index (χ1) is 18.5. The lowest BCUT2D eigenvalue weighted by Gasteiger charge is -2.38. The molecule has 0 saturated carbocycles. The van der Waals surface area contributed by atoms with Crippen molar-refractivity contribution in [3.8, 4) is 23.0 Å². The molecule has 0 radical (unpaired) electrons. The number of benzene rings is 3. The van der Waals surface area contributed by atoms with E-state index in [1.54, 1.807) is 28.4 Å². The van der Waals surface area contributed by atoms with Crippen molar-refractivity contribution in [2.24, 2.45) is 0 Å². The molecule has 1 atom stereocenters. The van der Waals surface area contributed by atoms with Gasteiger partial charge in [-0.25, -0.2) is 0 Å². The minimum Gasteiger partial charge on any atom is -0.497 e. The molecular formula is C31H36N2O5. The Bertz CT molecular complexity index is 1280. The second-order valence-corrected chi connectivity index (χ2v) is 9.92. The zero-order valence-corrected chi connectivity index (χ0v) is 22.6. The van der Waals surface area contributed by atoms with Crippen LogP contribution in [-0.2, 0) is 30.5 Å². The highest BCUT2D eigenvalue weighted by atomic mass is 16.5. The van der Waals surface area contributed by atoms with Gasteiger partial charge in [0.05, 0.1) is 35.0 Å². The van der Waals surface area contributed by atoms with Crippen LogP contribution in [0.4, 0.5) is 0 Å². The average molecular weight is 517 g/mol. The van der Waals surface area contributed by atoms with Gasteiger partial charge in [-0.1, -0.05) is 24.3 Å². The van der Waals surface area contributed by atoms with Crippen LogP contribution in [0.5, 0.6) is 23.0 Å². The molecule has 5 rings (SSSR count). The summed E-state index contributed by atoms with van der Waals surface area (Å²) in [5.41, 5.74) is 5.84. The smallest absolute Gasteiger partial charge is 0.234 e. The van der Waals surface area contributed by atoms with Crippen LogP contribution in [0, 0.1) is 0 Å². The lowest BCUT2D eigenvalue weighted by molar-refractivity contribution is -0.123. The van der Waals surface area contributed by atoms with Crippen LogP contribution >= 0.6 is 0 Å². The number of ether oxygens (including phenoxy) is 4. The average Bonchev–Trinajstić information content (AvgIpc) is 3.35. The van der Waals surface area contributed by atoms with Gasteiger partial charge in [0.1, 0.15) is 23.0 Å². The molecule has 1 aliphatic heterocycles. The van der Waals surface area contributed by atoms with Gasteiger partial charge in [-0.3, -0.25) is 9.69 Å². The molecule has 200 valence electrons. The molecule has 3 aromatic carbocycles. The summed E-state index contributed by atoms with van der Waals surface area (Å²) in [5.74, 6) is 3.23. The normalized spacial score (nSPS) is 16.9. The number of nitrogens with zero attached hydrogens (tertiary/aromatic N) is 1. The first-order valence-corrected chi connectivity index (χ1v) is 13.1. The van der Waals surface area contributed by atoms with Gasteiger partial charge in [-0.15, -0.1) is 0 Å². The van der Waals surface area contributed by atoms with E-state index in [0.29, 0.717) is 13.0 Å². The molecule has 0 aromatic heterocycles. The number of carbonyl (C=O) groups is 1. The zero-order chi connectivity index (χ0) is 26.6. The monoisotopic (exact) mass is 516 g/mol. The van der Waals surface area contributed by atoms with Crippen LogP contribution in [0.3, 0.4) is 0 Å². The first-order valence-electron chi connectivity index (χ1n) is 13.1. The zero-order valence-electron chi connectivity index (χ0n) is 22.6. The van der Waals surface area contributed by atoms with Crippen molar-refractivity contribution in [2.75, 3.05) is 41.5 Å². The third-order valence-electron chi connectivity index (χ3n) is 7.80. The Morgan fingerprint density at radius 1 is 0.868 bits per heavy atom. The Balaban J connectivity index is 1.44. The minimum absolute atomic E-state index is 0.0377. The van der Waals surface area contributed by atoms with Crippen molar-refractivity contribution in [1.29, 1.82) is 0 Å². The number of nitrogens with one attached hydrogen (secondary N) is 1. The fourth-order valence-corrected chi connectivity index (χ4v) is 6.00. The fraction of sp³-hybridized carbons (Fsp3) is 0.387. The number of hydrogen-bond donors (Lipinski definition) is 1. The van der Waals surface area contributed by atoms with E-state index in [-0.39, 0.29) is 18.0 Å². The summed E-state index contributed by atoms with van der Waals surface area (Å²) in [6.45, 7) is 1.02. The summed E-state index contributed by atoms with van der Waals surface area (Å²) in [4.78, 5) is 15.6. The molecule has 38 heavy (non-hydrogen) atoms. The lowest BCUT2D eigenvalue weighted by Crippen LogP contribution is -2.46. The quantitative estimate of drug-likeness (QED) is 0.461. The van der Waals surface area contributed by atoms with Crippen LogP contribution in [0.25, 0.3) is 0 Å². The minimum atomic E-state index is -0.115. The Morgan fingerprint density at radius 2 is 1.53 bits per heavy atom. The van der Waals surface area contributed by atoms with Gasteiger partial charge in [0.15, 0.2) is 0 Å². The van der Waals surface area contributed by atoms with E-state index in [1.807, 2.05) is 30.3 Å². The van der Waals surface area contributed by atoms with E-state index >= 15 is 0 Å². The molecule has 2 aliphatic rings. The summed E-state index contributed by atoms with van der Waals surface area (Å²) in [7, 11) is 6.72. The Morgan fingerprint density at radius 3 is 2.18 bits per heavy atom. The standard InChI is InChI=1S/C31H36N2O5/c1-35-24-9-10-27(36-2)22(17-24)18-26-31-25(28(37-3)11-12-29(31)38-4)13-14-33(26)19-30(34)32-23-15-20-7-5-6-8-21(20)16-23/h5-12,17,23,26H,13-16,18-19H2,1-4H3,(H,32,34). The van der Waals surface area contributed by atoms with Crippen molar-refractivity contribution >= 4 is 5.91 Å². The molecule has 1 aliphatic carbocycles. The SMILES string of the molecule is COc1ccc(OC)c(CC2c3c(OC)ccc(OC)c3CCN2CC(=O)NC2Cc3ccccc3C2)c1. The summed E-state index contributed by atoms with van der Waals surface area (Å²) in [6, 6.07) is 18.2. The maximum atomic E-state index is 13.4. The number of amides is 1. The van der Waals surface area contributed by atoms with Gasteiger partial charge in [0, 0.05) is 29.8 Å². The van der Waals surface area contributed by atoms with Gasteiger partial charge in [0.2, 0.25) is 5.91 Å². The van der Waals surface area contributed by atoms with E-state index in [2.05, 4.69) is 34.5 Å². The number of rotatable bonds is 9. The van der Waals surface area contributed by atoms with E-state index in [0.717, 1.165) is 65.5 Å². The fourth-order valence-electron chi connectivity index (χ4n) is 6.00. The highest BCUT2D eigenvalue weighted by molar-refractivity contribution is 5.78. The largest absolute Gasteiger partial charge is 0.497 e. The molecule has 0 saturated heterocycles. The third-order valence-corrected chi connectivity index (χ3v) is 7.80. The van der Waals surface area contributed by atoms with Crippen LogP contribution in [0.15, 0.2) is 54.6 Å². The van der Waals surface area contributed by atoms with Crippen LogP contribution in [0.1, 0.15) is 33.9 Å². The van der Waals surface area contributed by atoms with Gasteiger partial charge in [0.25, 0.3) is 0 Å². The molecule has 1 heterocycles. The topological polar surface area (TPSA) is 69.3 Å². The van der Waals surface area contributed by atoms with E-state index in [1.165, 1.54) is 11.1 Å². The molecule has 0 bridgehead atoms. The van der Waals surface area contributed by atoms with E-state index < -0.39 is 0 Å². The summed E-state index contributed by atoms with van der Waals surface area (Å²) < 4.78 is 22.8. The Kier molecular flexibility index (Phi) is 7.74. The van der Waals surface area contributed by atoms with Gasteiger partial charge >= 0.3 is 0 Å². The predicted molar refractivity (Wildman–Crippen MR) is 147 cm³/mol. The molecule has 0 spiro atoms. The van der Waals surface area contributed by atoms with E-state index in [9.17, 15) is 4.79 Å². The maximum Gasteiger partial charge on any atom is 0.234 e. The Hall–Kier alpha value is -3.71. The van der Waals surface area contributed by atoms with Gasteiger partial charge in [-0.05, 0) is 72.7 Å². The molecule has 1 unspecified atom stereocenters. The lowest BCUT2D eigenvalue weighted by atomic mass is 9.87. The van der Waals surface area contributed by atoms with Crippen LogP contribution < -0.4 is 24.3 Å².